The highest BCUT2D eigenvalue weighted by atomic mass is 16.5. The smallest absolute Gasteiger partial charge is 0.229 e. The van der Waals surface area contributed by atoms with E-state index in [1.807, 2.05) is 30.3 Å². The molecule has 3 aromatic rings. The SMILES string of the molecule is COc1ccc(NC(=O)[C@@H]2Cc3ccc(OC)cc3N3CCN(c4ccc(C)cc4)C[C@H]23)cc1. The number of carbonyl (C=O) groups excluding carboxylic acids is 1. The Morgan fingerprint density at radius 1 is 0.912 bits per heavy atom. The molecule has 1 amide bonds. The summed E-state index contributed by atoms with van der Waals surface area (Å²) in [5.41, 5.74) is 5.61. The molecule has 6 heteroatoms. The summed E-state index contributed by atoms with van der Waals surface area (Å²) >= 11 is 0. The standard InChI is InChI=1S/C28H31N3O3/c1-19-4-9-22(10-5-19)30-14-15-31-26-17-24(34-3)11-6-20(26)16-25(27(31)18-30)28(32)29-21-7-12-23(33-2)13-8-21/h4-13,17,25,27H,14-16,18H2,1-3H3,(H,29,32)/t25-,27-/m1/s1. The lowest BCUT2D eigenvalue weighted by Crippen LogP contribution is -2.60. The molecule has 176 valence electrons. The van der Waals surface area contributed by atoms with Crippen molar-refractivity contribution in [3.05, 3.63) is 77.9 Å². The van der Waals surface area contributed by atoms with Crippen molar-refractivity contribution in [2.75, 3.05) is 49.0 Å². The van der Waals surface area contributed by atoms with Crippen molar-refractivity contribution < 1.29 is 14.3 Å². The maximum Gasteiger partial charge on any atom is 0.229 e. The van der Waals surface area contributed by atoms with E-state index in [1.54, 1.807) is 14.2 Å². The third kappa shape index (κ3) is 4.28. The highest BCUT2D eigenvalue weighted by Crippen LogP contribution is 2.39. The van der Waals surface area contributed by atoms with Crippen molar-refractivity contribution in [1.29, 1.82) is 0 Å². The lowest BCUT2D eigenvalue weighted by Gasteiger charge is -2.49. The monoisotopic (exact) mass is 457 g/mol. The fraction of sp³-hybridized carbons (Fsp3) is 0.321. The van der Waals surface area contributed by atoms with Gasteiger partial charge < -0.3 is 24.6 Å². The molecular formula is C28H31N3O3. The number of anilines is 3. The Bertz CT molecular complexity index is 1160. The zero-order valence-electron chi connectivity index (χ0n) is 20.0. The van der Waals surface area contributed by atoms with E-state index in [1.165, 1.54) is 22.5 Å². The van der Waals surface area contributed by atoms with Gasteiger partial charge in [0.25, 0.3) is 0 Å². The molecule has 1 fully saturated rings. The molecule has 0 aromatic heterocycles. The van der Waals surface area contributed by atoms with E-state index >= 15 is 0 Å². The molecule has 6 nitrogen and oxygen atoms in total. The van der Waals surface area contributed by atoms with Crippen LogP contribution in [0, 0.1) is 12.8 Å². The fourth-order valence-electron chi connectivity index (χ4n) is 5.10. The van der Waals surface area contributed by atoms with Crippen molar-refractivity contribution in [2.24, 2.45) is 5.92 Å². The zero-order chi connectivity index (χ0) is 23.7. The first-order valence-corrected chi connectivity index (χ1v) is 11.8. The summed E-state index contributed by atoms with van der Waals surface area (Å²) in [5, 5.41) is 3.15. The number of hydrogen-bond donors (Lipinski definition) is 1. The predicted molar refractivity (Wildman–Crippen MR) is 136 cm³/mol. The maximum atomic E-state index is 13.6. The highest BCUT2D eigenvalue weighted by molar-refractivity contribution is 5.94. The summed E-state index contributed by atoms with van der Waals surface area (Å²) in [6.45, 7) is 4.65. The third-order valence-electron chi connectivity index (χ3n) is 7.02. The van der Waals surface area contributed by atoms with Crippen molar-refractivity contribution in [1.82, 2.24) is 0 Å². The largest absolute Gasteiger partial charge is 0.497 e. The Morgan fingerprint density at radius 2 is 1.62 bits per heavy atom. The number of methoxy groups -OCH3 is 2. The average Bonchev–Trinajstić information content (AvgIpc) is 2.88. The second-order valence-corrected chi connectivity index (χ2v) is 9.07. The first-order valence-electron chi connectivity index (χ1n) is 11.8. The van der Waals surface area contributed by atoms with Crippen LogP contribution in [-0.2, 0) is 11.2 Å². The molecule has 0 bridgehead atoms. The van der Waals surface area contributed by atoms with Crippen LogP contribution in [0.2, 0.25) is 0 Å². The van der Waals surface area contributed by atoms with E-state index in [0.717, 1.165) is 36.8 Å². The Kier molecular flexibility index (Phi) is 6.05. The first kappa shape index (κ1) is 22.1. The van der Waals surface area contributed by atoms with Crippen LogP contribution in [-0.4, -0.2) is 45.8 Å². The Morgan fingerprint density at radius 3 is 2.32 bits per heavy atom. The summed E-state index contributed by atoms with van der Waals surface area (Å²) in [4.78, 5) is 18.4. The van der Waals surface area contributed by atoms with Gasteiger partial charge in [-0.25, -0.2) is 0 Å². The highest BCUT2D eigenvalue weighted by Gasteiger charge is 2.41. The molecule has 1 saturated heterocycles. The number of nitrogens with zero attached hydrogens (tertiary/aromatic N) is 2. The van der Waals surface area contributed by atoms with Gasteiger partial charge in [0.1, 0.15) is 11.5 Å². The van der Waals surface area contributed by atoms with Gasteiger partial charge in [-0.2, -0.15) is 0 Å². The number of aryl methyl sites for hydroxylation is 1. The van der Waals surface area contributed by atoms with Gasteiger partial charge in [-0.05, 0) is 61.4 Å². The topological polar surface area (TPSA) is 54.0 Å². The summed E-state index contributed by atoms with van der Waals surface area (Å²) in [5.74, 6) is 1.49. The van der Waals surface area contributed by atoms with Crippen LogP contribution >= 0.6 is 0 Å². The Labute approximate surface area is 201 Å². The number of carbonyl (C=O) groups is 1. The number of piperazine rings is 1. The number of hydrogen-bond acceptors (Lipinski definition) is 5. The number of benzene rings is 3. The molecule has 0 spiro atoms. The molecule has 34 heavy (non-hydrogen) atoms. The van der Waals surface area contributed by atoms with E-state index in [2.05, 4.69) is 58.4 Å². The van der Waals surface area contributed by atoms with E-state index in [0.29, 0.717) is 6.42 Å². The maximum absolute atomic E-state index is 13.6. The predicted octanol–water partition coefficient (Wildman–Crippen LogP) is 4.52. The van der Waals surface area contributed by atoms with Crippen LogP contribution < -0.4 is 24.6 Å². The third-order valence-corrected chi connectivity index (χ3v) is 7.02. The van der Waals surface area contributed by atoms with Crippen LogP contribution in [0.25, 0.3) is 0 Å². The Balaban J connectivity index is 1.44. The number of fused-ring (bicyclic) bond motifs is 3. The molecule has 3 aromatic carbocycles. The number of nitrogens with one attached hydrogen (secondary N) is 1. The molecule has 5 rings (SSSR count). The minimum Gasteiger partial charge on any atom is -0.497 e. The quantitative estimate of drug-likeness (QED) is 0.611. The van der Waals surface area contributed by atoms with Crippen LogP contribution in [0.3, 0.4) is 0 Å². The van der Waals surface area contributed by atoms with Gasteiger partial charge in [0.2, 0.25) is 5.91 Å². The molecule has 1 N–H and O–H groups in total. The summed E-state index contributed by atoms with van der Waals surface area (Å²) in [6.07, 6.45) is 0.699. The van der Waals surface area contributed by atoms with Gasteiger partial charge in [0.15, 0.2) is 0 Å². The van der Waals surface area contributed by atoms with Crippen LogP contribution in [0.4, 0.5) is 17.1 Å². The molecule has 0 radical (unpaired) electrons. The second kappa shape index (κ2) is 9.29. The second-order valence-electron chi connectivity index (χ2n) is 9.07. The van der Waals surface area contributed by atoms with Crippen molar-refractivity contribution >= 4 is 23.0 Å². The number of rotatable bonds is 5. The molecule has 0 unspecified atom stereocenters. The molecule has 2 atom stereocenters. The summed E-state index contributed by atoms with van der Waals surface area (Å²) in [6, 6.07) is 22.4. The molecule has 2 aliphatic heterocycles. The fourth-order valence-corrected chi connectivity index (χ4v) is 5.10. The van der Waals surface area contributed by atoms with Crippen LogP contribution in [0.5, 0.6) is 11.5 Å². The minimum absolute atomic E-state index is 0.0485. The molecule has 2 heterocycles. The number of amides is 1. The van der Waals surface area contributed by atoms with Crippen molar-refractivity contribution in [3.8, 4) is 11.5 Å². The van der Waals surface area contributed by atoms with Crippen LogP contribution in [0.1, 0.15) is 11.1 Å². The minimum atomic E-state index is -0.170. The molecule has 2 aliphatic rings. The van der Waals surface area contributed by atoms with Gasteiger partial charge in [-0.3, -0.25) is 4.79 Å². The van der Waals surface area contributed by atoms with E-state index in [-0.39, 0.29) is 17.9 Å². The average molecular weight is 458 g/mol. The first-order chi connectivity index (χ1) is 16.6. The molecule has 0 aliphatic carbocycles. The normalized spacial score (nSPS) is 19.1. The molecule has 0 saturated carbocycles. The van der Waals surface area contributed by atoms with E-state index in [9.17, 15) is 4.79 Å². The summed E-state index contributed by atoms with van der Waals surface area (Å²) < 4.78 is 10.8. The number of ether oxygens (including phenoxy) is 2. The van der Waals surface area contributed by atoms with Gasteiger partial charge in [-0.15, -0.1) is 0 Å². The lowest BCUT2D eigenvalue weighted by molar-refractivity contribution is -0.120. The van der Waals surface area contributed by atoms with E-state index < -0.39 is 0 Å². The zero-order valence-corrected chi connectivity index (χ0v) is 20.0. The van der Waals surface area contributed by atoms with Crippen molar-refractivity contribution in [3.63, 3.8) is 0 Å². The van der Waals surface area contributed by atoms with Crippen LogP contribution in [0.15, 0.2) is 66.7 Å². The van der Waals surface area contributed by atoms with Gasteiger partial charge in [0.05, 0.1) is 26.2 Å². The Hall–Kier alpha value is -3.67. The summed E-state index contributed by atoms with van der Waals surface area (Å²) in [7, 11) is 3.34. The van der Waals surface area contributed by atoms with Gasteiger partial charge >= 0.3 is 0 Å². The van der Waals surface area contributed by atoms with Gasteiger partial charge in [-0.1, -0.05) is 23.8 Å². The molecular weight excluding hydrogens is 426 g/mol. The van der Waals surface area contributed by atoms with E-state index in [4.69, 9.17) is 9.47 Å². The van der Waals surface area contributed by atoms with Crippen molar-refractivity contribution in [2.45, 2.75) is 19.4 Å². The lowest BCUT2D eigenvalue weighted by atomic mass is 9.83. The van der Waals surface area contributed by atoms with Gasteiger partial charge in [0, 0.05) is 42.8 Å².